The normalized spacial score (nSPS) is 12.6. The lowest BCUT2D eigenvalue weighted by atomic mass is 10.0. The van der Waals surface area contributed by atoms with Crippen molar-refractivity contribution in [2.24, 2.45) is 0 Å². The summed E-state index contributed by atoms with van der Waals surface area (Å²) in [5.74, 6) is 0. The Kier molecular flexibility index (Phi) is 3.09. The Hall–Kier alpha value is -1.04. The zero-order chi connectivity index (χ0) is 8.97. The number of hydrogen-bond donors (Lipinski definition) is 0. The van der Waals surface area contributed by atoms with E-state index in [-0.39, 0.29) is 0 Å². The average Bonchev–Trinajstić information content (AvgIpc) is 2.17. The van der Waals surface area contributed by atoms with Crippen LogP contribution in [0.25, 0.3) is 5.57 Å². The molecule has 0 aromatic heterocycles. The molecule has 1 aromatic rings. The maximum Gasteiger partial charge on any atom is -0.0228 e. The summed E-state index contributed by atoms with van der Waals surface area (Å²) in [7, 11) is 0. The van der Waals surface area contributed by atoms with Crippen LogP contribution in [0, 0.1) is 0 Å². The van der Waals surface area contributed by atoms with Gasteiger partial charge in [-0.1, -0.05) is 42.8 Å². The van der Waals surface area contributed by atoms with Crippen molar-refractivity contribution < 1.29 is 0 Å². The molecule has 0 heteroatoms. The molecule has 0 N–H and O–H groups in total. The second kappa shape index (κ2) is 4.10. The van der Waals surface area contributed by atoms with Crippen LogP contribution in [-0.4, -0.2) is 0 Å². The molecule has 64 valence electrons. The maximum absolute atomic E-state index is 2.20. The van der Waals surface area contributed by atoms with E-state index in [9.17, 15) is 0 Å². The summed E-state index contributed by atoms with van der Waals surface area (Å²) in [5, 5.41) is 0. The van der Waals surface area contributed by atoms with E-state index in [1.54, 1.807) is 0 Å². The van der Waals surface area contributed by atoms with Gasteiger partial charge in [0.05, 0.1) is 0 Å². The van der Waals surface area contributed by atoms with Gasteiger partial charge in [-0.2, -0.15) is 0 Å². The van der Waals surface area contributed by atoms with Crippen LogP contribution in [0.1, 0.15) is 32.8 Å². The molecule has 0 spiro atoms. The Morgan fingerprint density at radius 2 is 1.67 bits per heavy atom. The standard InChI is InChI=1S/C12H16/c1-4-10(2)11(3)12-8-6-5-7-9-12/h5-9H,4H2,1-3H3/b11-10-. The predicted molar refractivity (Wildman–Crippen MR) is 55.0 cm³/mol. The topological polar surface area (TPSA) is 0 Å². The van der Waals surface area contributed by atoms with Crippen molar-refractivity contribution in [3.05, 3.63) is 41.5 Å². The molecule has 0 nitrogen and oxygen atoms in total. The molecule has 0 fully saturated rings. The van der Waals surface area contributed by atoms with Gasteiger partial charge in [0.2, 0.25) is 0 Å². The Morgan fingerprint density at radius 1 is 1.08 bits per heavy atom. The maximum atomic E-state index is 2.20. The highest BCUT2D eigenvalue weighted by Gasteiger charge is 1.96. The lowest BCUT2D eigenvalue weighted by Gasteiger charge is -2.05. The third-order valence-electron chi connectivity index (χ3n) is 2.38. The van der Waals surface area contributed by atoms with E-state index in [4.69, 9.17) is 0 Å². The lowest BCUT2D eigenvalue weighted by molar-refractivity contribution is 1.10. The van der Waals surface area contributed by atoms with E-state index in [0.29, 0.717) is 0 Å². The smallest absolute Gasteiger partial charge is 0.0228 e. The molecular weight excluding hydrogens is 144 g/mol. The Morgan fingerprint density at radius 3 is 2.17 bits per heavy atom. The van der Waals surface area contributed by atoms with Gasteiger partial charge >= 0.3 is 0 Å². The second-order valence-electron chi connectivity index (χ2n) is 3.12. The lowest BCUT2D eigenvalue weighted by Crippen LogP contribution is -1.82. The van der Waals surface area contributed by atoms with Crippen molar-refractivity contribution in [2.45, 2.75) is 27.2 Å². The van der Waals surface area contributed by atoms with Crippen LogP contribution in [0.5, 0.6) is 0 Å². The minimum absolute atomic E-state index is 1.14. The molecule has 0 saturated carbocycles. The van der Waals surface area contributed by atoms with Crippen molar-refractivity contribution in [3.63, 3.8) is 0 Å². The van der Waals surface area contributed by atoms with Crippen LogP contribution < -0.4 is 0 Å². The fourth-order valence-electron chi connectivity index (χ4n) is 1.20. The molecule has 0 radical (unpaired) electrons. The van der Waals surface area contributed by atoms with Gasteiger partial charge in [-0.15, -0.1) is 0 Å². The highest BCUT2D eigenvalue weighted by Crippen LogP contribution is 2.18. The van der Waals surface area contributed by atoms with E-state index >= 15 is 0 Å². The summed E-state index contributed by atoms with van der Waals surface area (Å²) in [6.45, 7) is 6.58. The molecule has 1 rings (SSSR count). The first-order chi connectivity index (χ1) is 5.75. The minimum atomic E-state index is 1.14. The highest BCUT2D eigenvalue weighted by molar-refractivity contribution is 5.66. The van der Waals surface area contributed by atoms with Gasteiger partial charge in [0.15, 0.2) is 0 Å². The summed E-state index contributed by atoms with van der Waals surface area (Å²) >= 11 is 0. The van der Waals surface area contributed by atoms with Crippen LogP contribution in [0.2, 0.25) is 0 Å². The minimum Gasteiger partial charge on any atom is -0.0701 e. The van der Waals surface area contributed by atoms with Gasteiger partial charge in [0, 0.05) is 0 Å². The first-order valence-corrected chi connectivity index (χ1v) is 4.47. The third-order valence-corrected chi connectivity index (χ3v) is 2.38. The van der Waals surface area contributed by atoms with Crippen LogP contribution in [-0.2, 0) is 0 Å². The van der Waals surface area contributed by atoms with Crippen molar-refractivity contribution in [1.29, 1.82) is 0 Å². The molecule has 1 aromatic carbocycles. The number of hydrogen-bond acceptors (Lipinski definition) is 0. The van der Waals surface area contributed by atoms with Gasteiger partial charge in [-0.05, 0) is 31.4 Å². The Bertz CT molecular complexity index is 267. The van der Waals surface area contributed by atoms with Gasteiger partial charge in [-0.25, -0.2) is 0 Å². The zero-order valence-corrected chi connectivity index (χ0v) is 8.09. The zero-order valence-electron chi connectivity index (χ0n) is 8.09. The van der Waals surface area contributed by atoms with Crippen LogP contribution in [0.4, 0.5) is 0 Å². The van der Waals surface area contributed by atoms with Crippen molar-refractivity contribution in [2.75, 3.05) is 0 Å². The van der Waals surface area contributed by atoms with E-state index in [1.165, 1.54) is 16.7 Å². The molecule has 0 unspecified atom stereocenters. The van der Waals surface area contributed by atoms with E-state index in [2.05, 4.69) is 51.1 Å². The largest absolute Gasteiger partial charge is 0.0701 e. The summed E-state index contributed by atoms with van der Waals surface area (Å²) in [4.78, 5) is 0. The average molecular weight is 160 g/mol. The number of benzene rings is 1. The fourth-order valence-corrected chi connectivity index (χ4v) is 1.20. The van der Waals surface area contributed by atoms with Gasteiger partial charge in [-0.3, -0.25) is 0 Å². The Labute approximate surface area is 74.9 Å². The highest BCUT2D eigenvalue weighted by atomic mass is 14.0. The van der Waals surface area contributed by atoms with E-state index in [0.717, 1.165) is 6.42 Å². The predicted octanol–water partition coefficient (Wildman–Crippen LogP) is 3.89. The molecule has 0 atom stereocenters. The molecule has 12 heavy (non-hydrogen) atoms. The molecule has 0 saturated heterocycles. The summed E-state index contributed by atoms with van der Waals surface area (Å²) < 4.78 is 0. The van der Waals surface area contributed by atoms with E-state index in [1.807, 2.05) is 0 Å². The van der Waals surface area contributed by atoms with E-state index < -0.39 is 0 Å². The van der Waals surface area contributed by atoms with Gasteiger partial charge < -0.3 is 0 Å². The number of allylic oxidation sites excluding steroid dienone is 2. The number of rotatable bonds is 2. The van der Waals surface area contributed by atoms with Crippen LogP contribution >= 0.6 is 0 Å². The summed E-state index contributed by atoms with van der Waals surface area (Å²) in [5.41, 5.74) is 4.23. The van der Waals surface area contributed by atoms with Gasteiger partial charge in [0.25, 0.3) is 0 Å². The van der Waals surface area contributed by atoms with Crippen molar-refractivity contribution in [3.8, 4) is 0 Å². The molecule has 0 amide bonds. The monoisotopic (exact) mass is 160 g/mol. The summed E-state index contributed by atoms with van der Waals surface area (Å²) in [6.07, 6.45) is 1.14. The van der Waals surface area contributed by atoms with Crippen molar-refractivity contribution >= 4 is 5.57 Å². The second-order valence-corrected chi connectivity index (χ2v) is 3.12. The molecular formula is C12H16. The molecule has 0 bridgehead atoms. The first kappa shape index (κ1) is 9.05. The summed E-state index contributed by atoms with van der Waals surface area (Å²) in [6, 6.07) is 10.5. The molecule has 0 heterocycles. The van der Waals surface area contributed by atoms with Crippen LogP contribution in [0.3, 0.4) is 0 Å². The molecule has 0 aliphatic carbocycles. The molecule has 0 aliphatic heterocycles. The third kappa shape index (κ3) is 1.97. The SMILES string of the molecule is CC/C(C)=C(/C)c1ccccc1. The quantitative estimate of drug-likeness (QED) is 0.615. The van der Waals surface area contributed by atoms with Crippen molar-refractivity contribution in [1.82, 2.24) is 0 Å². The first-order valence-electron chi connectivity index (χ1n) is 4.47. The van der Waals surface area contributed by atoms with Crippen LogP contribution in [0.15, 0.2) is 35.9 Å². The molecule has 0 aliphatic rings. The fraction of sp³-hybridized carbons (Fsp3) is 0.333. The van der Waals surface area contributed by atoms with Gasteiger partial charge in [0.1, 0.15) is 0 Å². The Balaban J connectivity index is 3.00.